The Bertz CT molecular complexity index is 1310. The van der Waals surface area contributed by atoms with Gasteiger partial charge in [0.15, 0.2) is 0 Å². The first-order valence-electron chi connectivity index (χ1n) is 9.05. The minimum absolute atomic E-state index is 0.135. The highest BCUT2D eigenvalue weighted by Gasteiger charge is 2.15. The number of H-pyrrole nitrogens is 1. The van der Waals surface area contributed by atoms with Gasteiger partial charge >= 0.3 is 11.1 Å². The third-order valence-electron chi connectivity index (χ3n) is 4.73. The zero-order chi connectivity index (χ0) is 20.0. The number of benzene rings is 2. The molecule has 4 aromatic rings. The second kappa shape index (κ2) is 6.60. The third kappa shape index (κ3) is 2.94. The molecule has 0 atom stereocenters. The van der Waals surface area contributed by atoms with Crippen molar-refractivity contribution in [3.63, 3.8) is 0 Å². The van der Waals surface area contributed by atoms with Crippen molar-refractivity contribution in [2.75, 3.05) is 0 Å². The van der Waals surface area contributed by atoms with E-state index in [2.05, 4.69) is 21.2 Å². The van der Waals surface area contributed by atoms with Gasteiger partial charge in [-0.05, 0) is 57.5 Å². The Morgan fingerprint density at radius 2 is 1.86 bits per heavy atom. The van der Waals surface area contributed by atoms with Crippen LogP contribution in [-0.4, -0.2) is 19.7 Å². The summed E-state index contributed by atoms with van der Waals surface area (Å²) in [6.07, 6.45) is 0. The maximum atomic E-state index is 12.2. The van der Waals surface area contributed by atoms with Crippen LogP contribution in [-0.2, 0) is 0 Å². The topological polar surface area (TPSA) is 93.8 Å². The van der Waals surface area contributed by atoms with Crippen molar-refractivity contribution in [1.29, 1.82) is 0 Å². The Labute approximate surface area is 160 Å². The molecule has 0 saturated heterocycles. The van der Waals surface area contributed by atoms with Crippen molar-refractivity contribution in [3.8, 4) is 22.8 Å². The molecule has 7 heteroatoms. The molecule has 1 N–H and O–H groups in total. The quantitative estimate of drug-likeness (QED) is 0.551. The number of hydrogen-bond acceptors (Lipinski definition) is 5. The van der Waals surface area contributed by atoms with Crippen molar-refractivity contribution in [3.05, 3.63) is 68.2 Å². The van der Waals surface area contributed by atoms with Crippen LogP contribution in [0.4, 0.5) is 0 Å². The smallest absolute Gasteiger partial charge is 0.316 e. The summed E-state index contributed by atoms with van der Waals surface area (Å²) in [6.45, 7) is 7.76. The van der Waals surface area contributed by atoms with Crippen LogP contribution < -0.4 is 11.1 Å². The van der Waals surface area contributed by atoms with E-state index in [4.69, 9.17) is 4.52 Å². The zero-order valence-corrected chi connectivity index (χ0v) is 16.1. The minimum atomic E-state index is -0.651. The van der Waals surface area contributed by atoms with E-state index in [1.54, 1.807) is 12.1 Å². The molecule has 28 heavy (non-hydrogen) atoms. The molecule has 2 aromatic carbocycles. The van der Waals surface area contributed by atoms with Gasteiger partial charge < -0.3 is 9.51 Å². The first kappa shape index (κ1) is 17.9. The lowest BCUT2D eigenvalue weighted by atomic mass is 10.1. The highest BCUT2D eigenvalue weighted by atomic mass is 16.5. The average molecular weight is 376 g/mol. The van der Waals surface area contributed by atoms with Crippen LogP contribution in [0.5, 0.6) is 0 Å². The fourth-order valence-corrected chi connectivity index (χ4v) is 3.40. The number of hydrogen-bond donors (Lipinski definition) is 1. The zero-order valence-electron chi connectivity index (χ0n) is 16.1. The van der Waals surface area contributed by atoms with Gasteiger partial charge in [-0.3, -0.25) is 14.2 Å². The monoisotopic (exact) mass is 376 g/mol. The summed E-state index contributed by atoms with van der Waals surface area (Å²) < 4.78 is 6.94. The minimum Gasteiger partial charge on any atom is -0.334 e. The molecule has 142 valence electrons. The van der Waals surface area contributed by atoms with Crippen molar-refractivity contribution in [2.24, 2.45) is 0 Å². The van der Waals surface area contributed by atoms with Crippen LogP contribution in [0.3, 0.4) is 0 Å². The summed E-state index contributed by atoms with van der Waals surface area (Å²) in [5.41, 5.74) is 3.78. The lowest BCUT2D eigenvalue weighted by Gasteiger charge is -2.13. The van der Waals surface area contributed by atoms with Gasteiger partial charge in [-0.1, -0.05) is 22.9 Å². The second-order valence-corrected chi connectivity index (χ2v) is 7.20. The largest absolute Gasteiger partial charge is 0.334 e. The fraction of sp³-hybridized carbons (Fsp3) is 0.238. The van der Waals surface area contributed by atoms with E-state index in [0.717, 1.165) is 16.7 Å². The fourth-order valence-electron chi connectivity index (χ4n) is 3.40. The number of aromatic nitrogens is 4. The standard InChI is InChI=1S/C21H20N4O3/c1-11(2)25-17-8-6-14(10-16(17)22-19(26)21(25)27)18-23-20(28-24-18)15-7-5-12(3)9-13(15)4/h5-11H,1-4H3,(H,22,26). The molecular weight excluding hydrogens is 356 g/mol. The van der Waals surface area contributed by atoms with Crippen LogP contribution >= 0.6 is 0 Å². The van der Waals surface area contributed by atoms with Gasteiger partial charge in [0.25, 0.3) is 5.89 Å². The molecule has 2 heterocycles. The lowest BCUT2D eigenvalue weighted by Crippen LogP contribution is -2.37. The van der Waals surface area contributed by atoms with E-state index in [0.29, 0.717) is 28.3 Å². The summed E-state index contributed by atoms with van der Waals surface area (Å²) in [7, 11) is 0. The Morgan fingerprint density at radius 3 is 2.57 bits per heavy atom. The Kier molecular flexibility index (Phi) is 4.22. The highest BCUT2D eigenvalue weighted by Crippen LogP contribution is 2.27. The van der Waals surface area contributed by atoms with Crippen LogP contribution in [0.2, 0.25) is 0 Å². The maximum absolute atomic E-state index is 12.2. The first-order chi connectivity index (χ1) is 13.3. The van der Waals surface area contributed by atoms with Gasteiger partial charge in [-0.15, -0.1) is 0 Å². The molecule has 0 amide bonds. The normalized spacial score (nSPS) is 11.5. The molecule has 0 spiro atoms. The van der Waals surface area contributed by atoms with Crippen molar-refractivity contribution in [2.45, 2.75) is 33.7 Å². The van der Waals surface area contributed by atoms with Gasteiger partial charge in [0.2, 0.25) is 5.82 Å². The molecular formula is C21H20N4O3. The summed E-state index contributed by atoms with van der Waals surface area (Å²) >= 11 is 0. The van der Waals surface area contributed by atoms with Crippen LogP contribution in [0, 0.1) is 13.8 Å². The molecule has 0 bridgehead atoms. The number of nitrogens with one attached hydrogen (secondary N) is 1. The molecule has 4 rings (SSSR count). The van der Waals surface area contributed by atoms with Gasteiger partial charge in [0.1, 0.15) is 0 Å². The van der Waals surface area contributed by atoms with Crippen LogP contribution in [0.1, 0.15) is 31.0 Å². The highest BCUT2D eigenvalue weighted by molar-refractivity contribution is 5.80. The van der Waals surface area contributed by atoms with Gasteiger partial charge in [-0.2, -0.15) is 4.98 Å². The number of aromatic amines is 1. The first-order valence-corrected chi connectivity index (χ1v) is 9.05. The summed E-state index contributed by atoms with van der Waals surface area (Å²) in [6, 6.07) is 11.2. The number of aryl methyl sites for hydroxylation is 2. The molecule has 0 fully saturated rings. The molecule has 0 unspecified atom stereocenters. The molecule has 0 radical (unpaired) electrons. The molecule has 0 aliphatic heterocycles. The van der Waals surface area contributed by atoms with E-state index in [-0.39, 0.29) is 6.04 Å². The van der Waals surface area contributed by atoms with Crippen LogP contribution in [0.25, 0.3) is 33.9 Å². The summed E-state index contributed by atoms with van der Waals surface area (Å²) in [4.78, 5) is 31.3. The van der Waals surface area contributed by atoms with E-state index in [9.17, 15) is 9.59 Å². The van der Waals surface area contributed by atoms with Gasteiger partial charge in [0.05, 0.1) is 11.0 Å². The van der Waals surface area contributed by atoms with E-state index < -0.39 is 11.1 Å². The maximum Gasteiger partial charge on any atom is 0.316 e. The van der Waals surface area contributed by atoms with E-state index in [1.165, 1.54) is 4.57 Å². The number of nitrogens with zero attached hydrogens (tertiary/aromatic N) is 3. The predicted molar refractivity (Wildman–Crippen MR) is 107 cm³/mol. The molecule has 7 nitrogen and oxygen atoms in total. The number of fused-ring (bicyclic) bond motifs is 1. The Morgan fingerprint density at radius 1 is 1.07 bits per heavy atom. The molecule has 0 saturated carbocycles. The van der Waals surface area contributed by atoms with E-state index in [1.807, 2.05) is 45.9 Å². The van der Waals surface area contributed by atoms with Gasteiger partial charge in [0, 0.05) is 17.2 Å². The average Bonchev–Trinajstić information content (AvgIpc) is 3.12. The summed E-state index contributed by atoms with van der Waals surface area (Å²) in [5, 5.41) is 4.08. The van der Waals surface area contributed by atoms with Crippen molar-refractivity contribution in [1.82, 2.24) is 19.7 Å². The Hall–Kier alpha value is -3.48. The second-order valence-electron chi connectivity index (χ2n) is 7.20. The van der Waals surface area contributed by atoms with Crippen molar-refractivity contribution < 1.29 is 4.52 Å². The SMILES string of the molecule is Cc1ccc(-c2nc(-c3ccc4c(c3)[nH]c(=O)c(=O)n4C(C)C)no2)c(C)c1. The molecule has 2 aromatic heterocycles. The van der Waals surface area contributed by atoms with E-state index >= 15 is 0 Å². The third-order valence-corrected chi connectivity index (χ3v) is 4.73. The Balaban J connectivity index is 1.83. The molecule has 0 aliphatic rings. The van der Waals surface area contributed by atoms with Gasteiger partial charge in [-0.25, -0.2) is 0 Å². The predicted octanol–water partition coefficient (Wildman–Crippen LogP) is 3.60. The van der Waals surface area contributed by atoms with Crippen LogP contribution in [0.15, 0.2) is 50.5 Å². The summed E-state index contributed by atoms with van der Waals surface area (Å²) in [5.74, 6) is 0.855. The van der Waals surface area contributed by atoms with Crippen molar-refractivity contribution >= 4 is 11.0 Å². The molecule has 0 aliphatic carbocycles. The number of rotatable bonds is 3. The lowest BCUT2D eigenvalue weighted by molar-refractivity contribution is 0.432.